The Morgan fingerprint density at radius 2 is 1.74 bits per heavy atom. The van der Waals surface area contributed by atoms with Gasteiger partial charge in [-0.1, -0.05) is 66.7 Å². The molecule has 0 unspecified atom stereocenters. The van der Waals surface area contributed by atoms with Gasteiger partial charge in [-0.25, -0.2) is 9.59 Å². The van der Waals surface area contributed by atoms with Gasteiger partial charge in [-0.2, -0.15) is 15.2 Å². The van der Waals surface area contributed by atoms with Gasteiger partial charge in [0.1, 0.15) is 19.0 Å². The molecule has 3 aliphatic rings. The maximum absolute atomic E-state index is 13.2. The van der Waals surface area contributed by atoms with Gasteiger partial charge < -0.3 is 34.0 Å². The molecule has 13 nitrogen and oxygen atoms in total. The molecule has 2 saturated heterocycles. The number of benzene rings is 3. The fourth-order valence-corrected chi connectivity index (χ4v) is 6.99. The number of carbonyl (C=O) groups excluding carboxylic acids is 1. The molecule has 2 fully saturated rings. The van der Waals surface area contributed by atoms with E-state index < -0.39 is 24.3 Å². The minimum atomic E-state index is -1.02. The van der Waals surface area contributed by atoms with Crippen LogP contribution in [0, 0.1) is 11.3 Å². The molecule has 4 aromatic rings. The summed E-state index contributed by atoms with van der Waals surface area (Å²) in [6, 6.07) is 25.6. The first-order valence-corrected chi connectivity index (χ1v) is 16.9. The lowest BCUT2D eigenvalue weighted by Crippen LogP contribution is -2.55. The highest BCUT2D eigenvalue weighted by atomic mass is 16.6. The van der Waals surface area contributed by atoms with Crippen LogP contribution in [-0.4, -0.2) is 102 Å². The minimum absolute atomic E-state index is 0.0374. The second-order valence-corrected chi connectivity index (χ2v) is 12.6. The number of rotatable bonds is 8. The standard InChI is InChI=1S/C37H39N7O6/c38-15-13-28-21-42(17-18-44(28)37(47)50-23-26-7-2-1-3-8-26)34-31-14-16-41(33-12-6-10-27-9-4-5-11-30(27)33)22-32(31)39-35(40-34)49-25-29-24-48-20-19-43(29)36(45)46/h1-12,28-29H,13-14,16-25H2,(H,45,46)/t28-,29+/m0/s1. The van der Waals surface area contributed by atoms with E-state index in [4.69, 9.17) is 24.2 Å². The predicted molar refractivity (Wildman–Crippen MR) is 185 cm³/mol. The van der Waals surface area contributed by atoms with Crippen molar-refractivity contribution in [3.63, 3.8) is 0 Å². The Morgan fingerprint density at radius 1 is 0.920 bits per heavy atom. The van der Waals surface area contributed by atoms with E-state index in [1.807, 2.05) is 42.5 Å². The fraction of sp³-hybridized carbons (Fsp3) is 0.378. The maximum atomic E-state index is 13.2. The lowest BCUT2D eigenvalue weighted by Gasteiger charge is -2.42. The summed E-state index contributed by atoms with van der Waals surface area (Å²) < 4.78 is 17.4. The van der Waals surface area contributed by atoms with Crippen molar-refractivity contribution in [2.45, 2.75) is 38.1 Å². The number of morpholine rings is 1. The summed E-state index contributed by atoms with van der Waals surface area (Å²) in [5.74, 6) is 0.706. The van der Waals surface area contributed by atoms with Crippen LogP contribution in [0.25, 0.3) is 10.8 Å². The number of hydrogen-bond donors (Lipinski definition) is 1. The van der Waals surface area contributed by atoms with E-state index in [0.29, 0.717) is 45.0 Å². The molecule has 1 N–H and O–H groups in total. The van der Waals surface area contributed by atoms with E-state index in [9.17, 15) is 20.0 Å². The van der Waals surface area contributed by atoms with Gasteiger partial charge in [-0.15, -0.1) is 0 Å². The van der Waals surface area contributed by atoms with Crippen molar-refractivity contribution >= 4 is 34.5 Å². The van der Waals surface area contributed by atoms with Gasteiger partial charge in [0.2, 0.25) is 0 Å². The molecule has 2 amide bonds. The zero-order valence-electron chi connectivity index (χ0n) is 27.7. The molecule has 3 aliphatic heterocycles. The molecule has 2 atom stereocenters. The number of aromatic nitrogens is 2. The SMILES string of the molecule is N#CC[C@H]1CN(c2nc(OC[C@H]3COCCN3C(=O)O)nc3c2CCN(c2cccc4ccccc24)C3)CCN1C(=O)OCc1ccccc1. The van der Waals surface area contributed by atoms with Crippen LogP contribution in [0.3, 0.4) is 0 Å². The second-order valence-electron chi connectivity index (χ2n) is 12.6. The molecule has 0 saturated carbocycles. The van der Waals surface area contributed by atoms with E-state index in [1.165, 1.54) is 4.90 Å². The minimum Gasteiger partial charge on any atom is -0.465 e. The third-order valence-electron chi connectivity index (χ3n) is 9.56. The lowest BCUT2D eigenvalue weighted by molar-refractivity contribution is -0.0159. The largest absolute Gasteiger partial charge is 0.465 e. The van der Waals surface area contributed by atoms with E-state index in [-0.39, 0.29) is 38.8 Å². The maximum Gasteiger partial charge on any atom is 0.410 e. The zero-order valence-corrected chi connectivity index (χ0v) is 27.7. The van der Waals surface area contributed by atoms with E-state index in [0.717, 1.165) is 39.8 Å². The quantitative estimate of drug-likeness (QED) is 0.277. The molecule has 4 heterocycles. The number of piperazine rings is 1. The van der Waals surface area contributed by atoms with Crippen molar-refractivity contribution in [2.24, 2.45) is 0 Å². The number of anilines is 2. The first kappa shape index (κ1) is 32.9. The number of nitrogens with zero attached hydrogens (tertiary/aromatic N) is 7. The zero-order chi connectivity index (χ0) is 34.5. The number of fused-ring (bicyclic) bond motifs is 2. The van der Waals surface area contributed by atoms with Crippen molar-refractivity contribution in [1.82, 2.24) is 19.8 Å². The van der Waals surface area contributed by atoms with Gasteiger partial charge in [0.25, 0.3) is 0 Å². The summed E-state index contributed by atoms with van der Waals surface area (Å²) in [5.41, 5.74) is 3.82. The van der Waals surface area contributed by atoms with Gasteiger partial charge >= 0.3 is 18.2 Å². The van der Waals surface area contributed by atoms with Gasteiger partial charge in [-0.05, 0) is 23.4 Å². The highest BCUT2D eigenvalue weighted by Gasteiger charge is 2.35. The molecule has 13 heteroatoms. The van der Waals surface area contributed by atoms with Gasteiger partial charge in [0.15, 0.2) is 0 Å². The molecule has 0 radical (unpaired) electrons. The third-order valence-corrected chi connectivity index (χ3v) is 9.56. The third kappa shape index (κ3) is 7.06. The Kier molecular flexibility index (Phi) is 9.79. The molecule has 258 valence electrons. The summed E-state index contributed by atoms with van der Waals surface area (Å²) in [6.07, 6.45) is -0.663. The van der Waals surface area contributed by atoms with Crippen LogP contribution in [0.1, 0.15) is 23.2 Å². The number of carbonyl (C=O) groups is 2. The fourth-order valence-electron chi connectivity index (χ4n) is 6.99. The summed E-state index contributed by atoms with van der Waals surface area (Å²) in [7, 11) is 0. The molecule has 3 aromatic carbocycles. The molecule has 0 bridgehead atoms. The van der Waals surface area contributed by atoms with Crippen molar-refractivity contribution < 1.29 is 28.9 Å². The van der Waals surface area contributed by atoms with Crippen LogP contribution in [0.5, 0.6) is 6.01 Å². The summed E-state index contributed by atoms with van der Waals surface area (Å²) in [6.45, 7) is 3.48. The molecular formula is C37H39N7O6. The summed E-state index contributed by atoms with van der Waals surface area (Å²) in [5, 5.41) is 21.8. The van der Waals surface area contributed by atoms with E-state index in [1.54, 1.807) is 4.90 Å². The average Bonchev–Trinajstić information content (AvgIpc) is 3.16. The molecule has 0 spiro atoms. The predicted octanol–water partition coefficient (Wildman–Crippen LogP) is 4.69. The van der Waals surface area contributed by atoms with Crippen molar-refractivity contribution in [2.75, 3.05) is 62.3 Å². The second kappa shape index (κ2) is 14.9. The lowest BCUT2D eigenvalue weighted by atomic mass is 10.0. The summed E-state index contributed by atoms with van der Waals surface area (Å²) >= 11 is 0. The monoisotopic (exact) mass is 677 g/mol. The number of amides is 2. The smallest absolute Gasteiger partial charge is 0.410 e. The number of hydrogen-bond acceptors (Lipinski definition) is 10. The van der Waals surface area contributed by atoms with Crippen LogP contribution in [0.15, 0.2) is 72.8 Å². The van der Waals surface area contributed by atoms with Crippen LogP contribution in [0.2, 0.25) is 0 Å². The molecule has 7 rings (SSSR count). The summed E-state index contributed by atoms with van der Waals surface area (Å²) in [4.78, 5) is 42.3. The van der Waals surface area contributed by atoms with Gasteiger partial charge in [0, 0.05) is 49.4 Å². The molecular weight excluding hydrogens is 638 g/mol. The normalized spacial score (nSPS) is 19.1. The Bertz CT molecular complexity index is 1880. The molecule has 1 aromatic heterocycles. The Morgan fingerprint density at radius 3 is 2.58 bits per heavy atom. The number of carboxylic acid groups (broad SMARTS) is 1. The number of nitriles is 1. The van der Waals surface area contributed by atoms with E-state index >= 15 is 0 Å². The molecule has 50 heavy (non-hydrogen) atoms. The van der Waals surface area contributed by atoms with Crippen LogP contribution >= 0.6 is 0 Å². The van der Waals surface area contributed by atoms with Gasteiger partial charge in [-0.3, -0.25) is 4.90 Å². The Balaban J connectivity index is 1.16. The highest BCUT2D eigenvalue weighted by Crippen LogP contribution is 2.35. The van der Waals surface area contributed by atoms with E-state index in [2.05, 4.69) is 46.2 Å². The Labute approximate surface area is 290 Å². The first-order valence-electron chi connectivity index (χ1n) is 16.9. The highest BCUT2D eigenvalue weighted by molar-refractivity contribution is 5.94. The molecule has 0 aliphatic carbocycles. The number of ether oxygens (including phenoxy) is 3. The topological polar surface area (TPSA) is 145 Å². The van der Waals surface area contributed by atoms with Crippen molar-refractivity contribution in [3.8, 4) is 12.1 Å². The Hall–Kier alpha value is -5.61. The van der Waals surface area contributed by atoms with Crippen LogP contribution < -0.4 is 14.5 Å². The van der Waals surface area contributed by atoms with Crippen molar-refractivity contribution in [3.05, 3.63) is 89.6 Å². The van der Waals surface area contributed by atoms with Crippen LogP contribution in [0.4, 0.5) is 21.1 Å². The van der Waals surface area contributed by atoms with Crippen LogP contribution in [-0.2, 0) is 29.0 Å². The average molecular weight is 678 g/mol. The van der Waals surface area contributed by atoms with Gasteiger partial charge in [0.05, 0.1) is 50.0 Å². The first-order chi connectivity index (χ1) is 24.5. The van der Waals surface area contributed by atoms with Crippen molar-refractivity contribution in [1.29, 1.82) is 5.26 Å².